The Balaban J connectivity index is 2.80. The van der Waals surface area contributed by atoms with Gasteiger partial charge >= 0.3 is 5.97 Å². The van der Waals surface area contributed by atoms with Crippen molar-refractivity contribution in [3.8, 4) is 0 Å². The van der Waals surface area contributed by atoms with Gasteiger partial charge in [0.25, 0.3) is 0 Å². The molecule has 1 aromatic rings. The van der Waals surface area contributed by atoms with Crippen molar-refractivity contribution < 1.29 is 9.53 Å². The van der Waals surface area contributed by atoms with Crippen LogP contribution in [0.2, 0.25) is 0 Å². The molecule has 1 aromatic heterocycles. The summed E-state index contributed by atoms with van der Waals surface area (Å²) in [6.45, 7) is 4.00. The Bertz CT molecular complexity index is 351. The summed E-state index contributed by atoms with van der Waals surface area (Å²) in [7, 11) is 1.38. The molecule has 1 atom stereocenters. The lowest BCUT2D eigenvalue weighted by atomic mass is 9.86. The van der Waals surface area contributed by atoms with Gasteiger partial charge in [0, 0.05) is 18.3 Å². The van der Waals surface area contributed by atoms with Crippen LogP contribution < -0.4 is 5.73 Å². The number of aromatic nitrogens is 1. The Labute approximate surface area is 93.5 Å². The summed E-state index contributed by atoms with van der Waals surface area (Å²) >= 11 is 1.57. The highest BCUT2D eigenvalue weighted by molar-refractivity contribution is 7.09. The molecule has 0 spiro atoms. The monoisotopic (exact) mass is 228 g/mol. The molecule has 0 radical (unpaired) electrons. The number of methoxy groups -OCH3 is 1. The number of ether oxygens (including phenoxy) is 1. The van der Waals surface area contributed by atoms with E-state index in [0.717, 1.165) is 10.7 Å². The molecule has 15 heavy (non-hydrogen) atoms. The lowest BCUT2D eigenvalue weighted by molar-refractivity contribution is -0.151. The zero-order valence-electron chi connectivity index (χ0n) is 9.24. The van der Waals surface area contributed by atoms with E-state index < -0.39 is 5.41 Å². The van der Waals surface area contributed by atoms with Crippen LogP contribution in [0.15, 0.2) is 5.38 Å². The molecule has 0 saturated carbocycles. The predicted molar refractivity (Wildman–Crippen MR) is 59.7 cm³/mol. The van der Waals surface area contributed by atoms with E-state index in [0.29, 0.717) is 6.42 Å². The smallest absolute Gasteiger partial charge is 0.313 e. The third kappa shape index (κ3) is 2.76. The van der Waals surface area contributed by atoms with Crippen LogP contribution in [0.4, 0.5) is 0 Å². The van der Waals surface area contributed by atoms with E-state index in [2.05, 4.69) is 4.98 Å². The van der Waals surface area contributed by atoms with Crippen molar-refractivity contribution in [3.05, 3.63) is 16.1 Å². The predicted octanol–water partition coefficient (Wildman–Crippen LogP) is 1.13. The molecule has 84 valence electrons. The first kappa shape index (κ1) is 12.1. The second kappa shape index (κ2) is 4.72. The number of nitrogens with zero attached hydrogens (tertiary/aromatic N) is 1. The fourth-order valence-corrected chi connectivity index (χ4v) is 1.98. The maximum absolute atomic E-state index is 11.5. The van der Waals surface area contributed by atoms with Gasteiger partial charge in [-0.25, -0.2) is 4.98 Å². The average molecular weight is 228 g/mol. The number of aryl methyl sites for hydroxylation is 1. The van der Waals surface area contributed by atoms with Crippen LogP contribution in [0.25, 0.3) is 0 Å². The number of hydrogen-bond acceptors (Lipinski definition) is 5. The molecule has 0 bridgehead atoms. The summed E-state index contributed by atoms with van der Waals surface area (Å²) in [6.07, 6.45) is 0.528. The molecule has 0 saturated heterocycles. The zero-order valence-corrected chi connectivity index (χ0v) is 10.1. The molecule has 0 aliphatic carbocycles. The van der Waals surface area contributed by atoms with E-state index in [1.54, 1.807) is 18.3 Å². The Morgan fingerprint density at radius 1 is 1.73 bits per heavy atom. The van der Waals surface area contributed by atoms with Crippen LogP contribution >= 0.6 is 11.3 Å². The van der Waals surface area contributed by atoms with Crippen LogP contribution in [0.1, 0.15) is 17.6 Å². The molecule has 0 aromatic carbocycles. The number of thiazole rings is 1. The molecule has 0 aliphatic rings. The first-order valence-corrected chi connectivity index (χ1v) is 5.59. The minimum Gasteiger partial charge on any atom is -0.469 e. The van der Waals surface area contributed by atoms with Crippen molar-refractivity contribution in [3.63, 3.8) is 0 Å². The summed E-state index contributed by atoms with van der Waals surface area (Å²) in [5, 5.41) is 2.95. The third-order valence-corrected chi connectivity index (χ3v) is 3.19. The number of rotatable bonds is 4. The maximum atomic E-state index is 11.5. The molecule has 1 unspecified atom stereocenters. The normalized spacial score (nSPS) is 14.7. The van der Waals surface area contributed by atoms with Gasteiger partial charge in [-0.15, -0.1) is 11.3 Å². The van der Waals surface area contributed by atoms with Gasteiger partial charge in [-0.3, -0.25) is 4.79 Å². The van der Waals surface area contributed by atoms with Crippen molar-refractivity contribution in [2.24, 2.45) is 11.1 Å². The Hall–Kier alpha value is -0.940. The largest absolute Gasteiger partial charge is 0.469 e. The van der Waals surface area contributed by atoms with Gasteiger partial charge in [0.15, 0.2) is 0 Å². The number of carbonyl (C=O) groups is 1. The quantitative estimate of drug-likeness (QED) is 0.785. The van der Waals surface area contributed by atoms with Gasteiger partial charge in [0.05, 0.1) is 23.2 Å². The van der Waals surface area contributed by atoms with Gasteiger partial charge in [-0.05, 0) is 13.8 Å². The first-order valence-electron chi connectivity index (χ1n) is 4.71. The highest BCUT2D eigenvalue weighted by atomic mass is 32.1. The van der Waals surface area contributed by atoms with Crippen molar-refractivity contribution >= 4 is 17.3 Å². The molecule has 0 fully saturated rings. The minimum atomic E-state index is -0.671. The van der Waals surface area contributed by atoms with Crippen LogP contribution in [-0.2, 0) is 16.0 Å². The van der Waals surface area contributed by atoms with Crippen molar-refractivity contribution in [1.29, 1.82) is 0 Å². The van der Waals surface area contributed by atoms with Gasteiger partial charge in [0.2, 0.25) is 0 Å². The van der Waals surface area contributed by atoms with E-state index in [9.17, 15) is 4.79 Å². The highest BCUT2D eigenvalue weighted by Gasteiger charge is 2.33. The maximum Gasteiger partial charge on any atom is 0.313 e. The van der Waals surface area contributed by atoms with E-state index in [4.69, 9.17) is 10.5 Å². The van der Waals surface area contributed by atoms with E-state index >= 15 is 0 Å². The summed E-state index contributed by atoms with van der Waals surface area (Å²) in [4.78, 5) is 15.9. The molecule has 1 rings (SSSR count). The standard InChI is InChI=1S/C10H16N2O2S/c1-7-12-8(5-15-7)4-10(2,6-11)9(13)14-3/h5H,4,6,11H2,1-3H3. The zero-order chi connectivity index (χ0) is 11.5. The number of hydrogen-bond donors (Lipinski definition) is 1. The Kier molecular flexibility index (Phi) is 3.82. The Morgan fingerprint density at radius 3 is 2.80 bits per heavy atom. The lowest BCUT2D eigenvalue weighted by Gasteiger charge is -2.23. The molecule has 1 heterocycles. The summed E-state index contributed by atoms with van der Waals surface area (Å²) in [5.74, 6) is -0.282. The second-order valence-electron chi connectivity index (χ2n) is 3.79. The van der Waals surface area contributed by atoms with E-state index in [1.807, 2.05) is 12.3 Å². The summed E-state index contributed by atoms with van der Waals surface area (Å²) < 4.78 is 4.74. The topological polar surface area (TPSA) is 65.2 Å². The van der Waals surface area contributed by atoms with Gasteiger partial charge in [-0.1, -0.05) is 0 Å². The SMILES string of the molecule is COC(=O)C(C)(CN)Cc1csc(C)n1. The molecular weight excluding hydrogens is 212 g/mol. The molecule has 4 nitrogen and oxygen atoms in total. The minimum absolute atomic E-state index is 0.260. The summed E-state index contributed by atoms with van der Waals surface area (Å²) in [5.41, 5.74) is 5.84. The van der Waals surface area contributed by atoms with Crippen LogP contribution in [0.5, 0.6) is 0 Å². The van der Waals surface area contributed by atoms with Crippen molar-refractivity contribution in [2.45, 2.75) is 20.3 Å². The fraction of sp³-hybridized carbons (Fsp3) is 0.600. The third-order valence-electron chi connectivity index (χ3n) is 2.37. The first-order chi connectivity index (χ1) is 7.01. The Morgan fingerprint density at radius 2 is 2.40 bits per heavy atom. The van der Waals surface area contributed by atoms with Crippen LogP contribution in [-0.4, -0.2) is 24.6 Å². The van der Waals surface area contributed by atoms with E-state index in [1.165, 1.54) is 7.11 Å². The van der Waals surface area contributed by atoms with Crippen LogP contribution in [0, 0.1) is 12.3 Å². The average Bonchev–Trinajstić information content (AvgIpc) is 2.62. The van der Waals surface area contributed by atoms with Gasteiger partial charge < -0.3 is 10.5 Å². The number of carbonyl (C=O) groups excluding carboxylic acids is 1. The highest BCUT2D eigenvalue weighted by Crippen LogP contribution is 2.23. The van der Waals surface area contributed by atoms with Crippen molar-refractivity contribution in [2.75, 3.05) is 13.7 Å². The molecular formula is C10H16N2O2S. The molecule has 5 heteroatoms. The number of esters is 1. The molecule has 0 amide bonds. The second-order valence-corrected chi connectivity index (χ2v) is 4.85. The van der Waals surface area contributed by atoms with Gasteiger partial charge in [0.1, 0.15) is 0 Å². The van der Waals surface area contributed by atoms with Crippen LogP contribution in [0.3, 0.4) is 0 Å². The fourth-order valence-electron chi connectivity index (χ4n) is 1.36. The molecule has 0 aliphatic heterocycles. The van der Waals surface area contributed by atoms with Crippen molar-refractivity contribution in [1.82, 2.24) is 4.98 Å². The summed E-state index contributed by atoms with van der Waals surface area (Å²) in [6, 6.07) is 0. The lowest BCUT2D eigenvalue weighted by Crippen LogP contribution is -2.38. The molecule has 2 N–H and O–H groups in total. The number of nitrogens with two attached hydrogens (primary N) is 1. The van der Waals surface area contributed by atoms with E-state index in [-0.39, 0.29) is 12.5 Å². The van der Waals surface area contributed by atoms with Gasteiger partial charge in [-0.2, -0.15) is 0 Å².